The first-order valence-corrected chi connectivity index (χ1v) is 4.13. The lowest BCUT2D eigenvalue weighted by Crippen LogP contribution is -2.41. The average molecular weight is 160 g/mol. The molecule has 1 radical (unpaired) electrons. The minimum atomic E-state index is 0.137. The molecule has 61 valence electrons. The van der Waals surface area contributed by atoms with Gasteiger partial charge in [-0.3, -0.25) is 4.79 Å². The third kappa shape index (κ3) is 1.20. The van der Waals surface area contributed by atoms with E-state index >= 15 is 0 Å². The van der Waals surface area contributed by atoms with Crippen LogP contribution in [0.3, 0.4) is 0 Å². The van der Waals surface area contributed by atoms with Crippen molar-refractivity contribution in [1.29, 1.82) is 0 Å². The molecule has 2 heteroatoms. The Bertz CT molecular complexity index is 277. The van der Waals surface area contributed by atoms with Crippen molar-refractivity contribution in [3.05, 3.63) is 35.9 Å². The monoisotopic (exact) mass is 160 g/mol. The molecule has 1 heterocycles. The predicted molar refractivity (Wildman–Crippen MR) is 45.8 cm³/mol. The van der Waals surface area contributed by atoms with Gasteiger partial charge in [0.2, 0.25) is 0 Å². The molecule has 1 aliphatic heterocycles. The van der Waals surface area contributed by atoms with Gasteiger partial charge in [-0.25, -0.2) is 0 Å². The molecule has 0 spiro atoms. The largest absolute Gasteiger partial charge is 0.339 e. The molecule has 1 aromatic carbocycles. The summed E-state index contributed by atoms with van der Waals surface area (Å²) < 4.78 is 0. The van der Waals surface area contributed by atoms with E-state index in [-0.39, 0.29) is 5.91 Å². The molecule has 0 aliphatic carbocycles. The molecule has 1 saturated heterocycles. The summed E-state index contributed by atoms with van der Waals surface area (Å²) in [5.74, 6) is 0.137. The van der Waals surface area contributed by atoms with Crippen LogP contribution in [0.5, 0.6) is 0 Å². The number of hydrogen-bond donors (Lipinski definition) is 0. The van der Waals surface area contributed by atoms with E-state index in [1.807, 2.05) is 17.0 Å². The number of rotatable bonds is 1. The van der Waals surface area contributed by atoms with Crippen molar-refractivity contribution in [3.63, 3.8) is 0 Å². The van der Waals surface area contributed by atoms with Gasteiger partial charge < -0.3 is 4.90 Å². The van der Waals surface area contributed by atoms with Crippen LogP contribution in [-0.4, -0.2) is 23.9 Å². The van der Waals surface area contributed by atoms with Crippen molar-refractivity contribution in [2.45, 2.75) is 6.42 Å². The van der Waals surface area contributed by atoms with Gasteiger partial charge in [0.25, 0.3) is 5.91 Å². The normalized spacial score (nSPS) is 15.5. The van der Waals surface area contributed by atoms with E-state index in [2.05, 4.69) is 6.07 Å². The van der Waals surface area contributed by atoms with Crippen LogP contribution in [0.2, 0.25) is 0 Å². The lowest BCUT2D eigenvalue weighted by molar-refractivity contribution is 0.0652. The van der Waals surface area contributed by atoms with E-state index in [9.17, 15) is 4.79 Å². The van der Waals surface area contributed by atoms with Crippen LogP contribution in [0.1, 0.15) is 16.8 Å². The molecule has 2 nitrogen and oxygen atoms in total. The predicted octanol–water partition coefficient (Wildman–Crippen LogP) is 1.33. The van der Waals surface area contributed by atoms with Crippen LogP contribution in [0, 0.1) is 6.07 Å². The first-order valence-electron chi connectivity index (χ1n) is 4.13. The number of amides is 1. The molecule has 1 amide bonds. The zero-order chi connectivity index (χ0) is 8.39. The second-order valence-corrected chi connectivity index (χ2v) is 2.94. The summed E-state index contributed by atoms with van der Waals surface area (Å²) in [7, 11) is 0. The summed E-state index contributed by atoms with van der Waals surface area (Å²) in [5, 5.41) is 0. The first-order chi connectivity index (χ1) is 5.88. The SMILES string of the molecule is O=C(c1c[c]ccc1)N1CCC1. The van der Waals surface area contributed by atoms with Crippen LogP contribution in [-0.2, 0) is 0 Å². The number of carbonyl (C=O) groups excluding carboxylic acids is 1. The van der Waals surface area contributed by atoms with E-state index in [0.29, 0.717) is 0 Å². The lowest BCUT2D eigenvalue weighted by Gasteiger charge is -2.30. The second kappa shape index (κ2) is 2.97. The van der Waals surface area contributed by atoms with E-state index < -0.39 is 0 Å². The van der Waals surface area contributed by atoms with Crippen LogP contribution in [0.25, 0.3) is 0 Å². The quantitative estimate of drug-likeness (QED) is 0.607. The van der Waals surface area contributed by atoms with Crippen LogP contribution < -0.4 is 0 Å². The van der Waals surface area contributed by atoms with Gasteiger partial charge in [-0.2, -0.15) is 0 Å². The highest BCUT2D eigenvalue weighted by Gasteiger charge is 2.20. The third-order valence-electron chi connectivity index (χ3n) is 2.10. The number of nitrogens with zero attached hydrogens (tertiary/aromatic N) is 1. The Morgan fingerprint density at radius 3 is 2.83 bits per heavy atom. The summed E-state index contributed by atoms with van der Waals surface area (Å²) >= 11 is 0. The highest BCUT2D eigenvalue weighted by Crippen LogP contribution is 2.11. The Morgan fingerprint density at radius 1 is 1.50 bits per heavy atom. The van der Waals surface area contributed by atoms with Crippen LogP contribution in [0.15, 0.2) is 24.3 Å². The molecule has 2 rings (SSSR count). The molecule has 0 bridgehead atoms. The van der Waals surface area contributed by atoms with Gasteiger partial charge in [0, 0.05) is 18.7 Å². The van der Waals surface area contributed by atoms with Gasteiger partial charge in [0.15, 0.2) is 0 Å². The number of hydrogen-bond acceptors (Lipinski definition) is 1. The molecule has 1 fully saturated rings. The summed E-state index contributed by atoms with van der Waals surface area (Å²) in [5.41, 5.74) is 0.747. The fourth-order valence-electron chi connectivity index (χ4n) is 1.23. The third-order valence-corrected chi connectivity index (χ3v) is 2.10. The molecule has 0 atom stereocenters. The Morgan fingerprint density at radius 2 is 2.33 bits per heavy atom. The molecule has 1 aliphatic rings. The van der Waals surface area contributed by atoms with Gasteiger partial charge in [-0.1, -0.05) is 12.1 Å². The fraction of sp³-hybridized carbons (Fsp3) is 0.300. The summed E-state index contributed by atoms with van der Waals surface area (Å²) in [6.07, 6.45) is 1.14. The van der Waals surface area contributed by atoms with Crippen LogP contribution >= 0.6 is 0 Å². The average Bonchev–Trinajstić information content (AvgIpc) is 2.03. The Labute approximate surface area is 71.8 Å². The van der Waals surface area contributed by atoms with Crippen molar-refractivity contribution in [1.82, 2.24) is 4.90 Å². The van der Waals surface area contributed by atoms with Crippen molar-refractivity contribution in [3.8, 4) is 0 Å². The maximum Gasteiger partial charge on any atom is 0.253 e. The summed E-state index contributed by atoms with van der Waals surface area (Å²) in [6, 6.07) is 10.1. The fourth-order valence-corrected chi connectivity index (χ4v) is 1.23. The zero-order valence-corrected chi connectivity index (χ0v) is 6.79. The van der Waals surface area contributed by atoms with Crippen molar-refractivity contribution >= 4 is 5.91 Å². The minimum absolute atomic E-state index is 0.137. The zero-order valence-electron chi connectivity index (χ0n) is 6.79. The molecule has 0 aromatic heterocycles. The van der Waals surface area contributed by atoms with Gasteiger partial charge in [-0.05, 0) is 24.6 Å². The number of benzene rings is 1. The second-order valence-electron chi connectivity index (χ2n) is 2.94. The van der Waals surface area contributed by atoms with Crippen molar-refractivity contribution in [2.24, 2.45) is 0 Å². The standard InChI is InChI=1S/C10H10NO/c12-10(11-7-4-8-11)9-5-2-1-3-6-9/h1-2,5-6H,4,7-8H2. The Kier molecular flexibility index (Phi) is 1.82. The number of likely N-dealkylation sites (tertiary alicyclic amines) is 1. The van der Waals surface area contributed by atoms with E-state index in [0.717, 1.165) is 25.1 Å². The van der Waals surface area contributed by atoms with E-state index in [1.165, 1.54) is 0 Å². The maximum atomic E-state index is 11.5. The first kappa shape index (κ1) is 7.35. The number of carbonyl (C=O) groups is 1. The maximum absolute atomic E-state index is 11.5. The smallest absolute Gasteiger partial charge is 0.253 e. The Balaban J connectivity index is 2.14. The van der Waals surface area contributed by atoms with E-state index in [4.69, 9.17) is 0 Å². The molecule has 0 unspecified atom stereocenters. The van der Waals surface area contributed by atoms with Gasteiger partial charge in [0.1, 0.15) is 0 Å². The minimum Gasteiger partial charge on any atom is -0.339 e. The molecule has 0 N–H and O–H groups in total. The van der Waals surface area contributed by atoms with Crippen molar-refractivity contribution in [2.75, 3.05) is 13.1 Å². The highest BCUT2D eigenvalue weighted by molar-refractivity contribution is 5.94. The van der Waals surface area contributed by atoms with Crippen molar-refractivity contribution < 1.29 is 4.79 Å². The highest BCUT2D eigenvalue weighted by atomic mass is 16.2. The van der Waals surface area contributed by atoms with Crippen LogP contribution in [0.4, 0.5) is 0 Å². The van der Waals surface area contributed by atoms with Gasteiger partial charge in [-0.15, -0.1) is 0 Å². The molecule has 0 saturated carbocycles. The molecule has 12 heavy (non-hydrogen) atoms. The topological polar surface area (TPSA) is 20.3 Å². The molecular formula is C10H10NO. The van der Waals surface area contributed by atoms with Gasteiger partial charge in [0.05, 0.1) is 0 Å². The van der Waals surface area contributed by atoms with Gasteiger partial charge >= 0.3 is 0 Å². The summed E-state index contributed by atoms with van der Waals surface area (Å²) in [6.45, 7) is 1.82. The van der Waals surface area contributed by atoms with E-state index in [1.54, 1.807) is 12.1 Å². The molecule has 1 aromatic rings. The lowest BCUT2D eigenvalue weighted by atomic mass is 10.1. The molecular weight excluding hydrogens is 150 g/mol. The summed E-state index contributed by atoms with van der Waals surface area (Å²) in [4.78, 5) is 13.4. The Hall–Kier alpha value is -1.31.